The lowest BCUT2D eigenvalue weighted by Crippen LogP contribution is -2.44. The fourth-order valence-corrected chi connectivity index (χ4v) is 4.12. The molecule has 0 unspecified atom stereocenters. The number of aromatic nitrogens is 2. The van der Waals surface area contributed by atoms with Gasteiger partial charge in [0.25, 0.3) is 0 Å². The molecule has 2 aliphatic heterocycles. The summed E-state index contributed by atoms with van der Waals surface area (Å²) in [6.07, 6.45) is 8.99. The molecule has 1 aliphatic carbocycles. The summed E-state index contributed by atoms with van der Waals surface area (Å²) in [5, 5.41) is 7.50. The molecule has 138 valence electrons. The molecule has 0 bridgehead atoms. The van der Waals surface area contributed by atoms with Gasteiger partial charge in [-0.25, -0.2) is 0 Å². The largest absolute Gasteiger partial charge is 0.383 e. The molecule has 3 aliphatic rings. The van der Waals surface area contributed by atoms with Crippen molar-refractivity contribution in [3.05, 3.63) is 12.4 Å². The molecule has 7 heteroatoms. The van der Waals surface area contributed by atoms with Crippen LogP contribution in [0, 0.1) is 5.92 Å². The molecule has 2 saturated heterocycles. The van der Waals surface area contributed by atoms with Crippen LogP contribution < -0.4 is 5.32 Å². The molecule has 1 aromatic heterocycles. The van der Waals surface area contributed by atoms with Crippen LogP contribution in [-0.2, 0) is 14.3 Å². The van der Waals surface area contributed by atoms with Gasteiger partial charge in [-0.15, -0.1) is 0 Å². The fraction of sp³-hybridized carbons (Fsp3) is 0.778. The molecule has 4 rings (SSSR count). The third-order valence-corrected chi connectivity index (χ3v) is 5.64. The smallest absolute Gasteiger partial charge is 0.227 e. The van der Waals surface area contributed by atoms with E-state index in [9.17, 15) is 4.79 Å². The number of nitrogens with one attached hydrogen (secondary N) is 1. The second-order valence-electron chi connectivity index (χ2n) is 7.51. The SMILES string of the molecule is COC[C@@H]1C[C@H](n2cc(NC(=O)C3CC3)cn2)CN1C1CCOCC1. The molecular weight excluding hydrogens is 320 g/mol. The van der Waals surface area contributed by atoms with E-state index in [1.807, 2.05) is 10.9 Å². The first-order valence-corrected chi connectivity index (χ1v) is 9.42. The molecule has 1 N–H and O–H groups in total. The van der Waals surface area contributed by atoms with Crippen molar-refractivity contribution >= 4 is 11.6 Å². The molecule has 3 fully saturated rings. The van der Waals surface area contributed by atoms with Crippen molar-refractivity contribution in [1.82, 2.24) is 14.7 Å². The Morgan fingerprint density at radius 3 is 2.84 bits per heavy atom. The Labute approximate surface area is 148 Å². The van der Waals surface area contributed by atoms with Crippen molar-refractivity contribution in [3.63, 3.8) is 0 Å². The number of methoxy groups -OCH3 is 1. The highest BCUT2D eigenvalue weighted by molar-refractivity contribution is 5.93. The summed E-state index contributed by atoms with van der Waals surface area (Å²) in [5.41, 5.74) is 0.810. The minimum Gasteiger partial charge on any atom is -0.383 e. The van der Waals surface area contributed by atoms with Gasteiger partial charge in [0.2, 0.25) is 5.91 Å². The summed E-state index contributed by atoms with van der Waals surface area (Å²) in [4.78, 5) is 14.5. The van der Waals surface area contributed by atoms with Crippen molar-refractivity contribution < 1.29 is 14.3 Å². The predicted molar refractivity (Wildman–Crippen MR) is 93.4 cm³/mol. The Morgan fingerprint density at radius 2 is 2.12 bits per heavy atom. The normalized spacial score (nSPS) is 28.4. The average molecular weight is 348 g/mol. The lowest BCUT2D eigenvalue weighted by atomic mass is 10.1. The zero-order valence-electron chi connectivity index (χ0n) is 14.9. The summed E-state index contributed by atoms with van der Waals surface area (Å²) in [7, 11) is 1.77. The van der Waals surface area contributed by atoms with Crippen LogP contribution in [0.3, 0.4) is 0 Å². The standard InChI is InChI=1S/C18H28N4O3/c1-24-12-17-8-16(11-21(17)15-4-6-25-7-5-15)22-10-14(9-19-22)20-18(23)13-2-3-13/h9-10,13,15-17H,2-8,11-12H2,1H3,(H,20,23)/t16-,17-/m0/s1. The number of nitrogens with zero attached hydrogens (tertiary/aromatic N) is 3. The molecule has 25 heavy (non-hydrogen) atoms. The van der Waals surface area contributed by atoms with E-state index < -0.39 is 0 Å². The van der Waals surface area contributed by atoms with E-state index in [0.29, 0.717) is 18.1 Å². The summed E-state index contributed by atoms with van der Waals surface area (Å²) < 4.78 is 13.0. The number of carbonyl (C=O) groups excluding carboxylic acids is 1. The topological polar surface area (TPSA) is 68.6 Å². The Bertz CT molecular complexity index is 595. The number of anilines is 1. The van der Waals surface area contributed by atoms with Crippen LogP contribution in [-0.4, -0.2) is 66.1 Å². The number of hydrogen-bond donors (Lipinski definition) is 1. The van der Waals surface area contributed by atoms with E-state index in [-0.39, 0.29) is 11.8 Å². The highest BCUT2D eigenvalue weighted by Gasteiger charge is 2.38. The predicted octanol–water partition coefficient (Wildman–Crippen LogP) is 1.67. The van der Waals surface area contributed by atoms with Gasteiger partial charge >= 0.3 is 0 Å². The molecule has 0 radical (unpaired) electrons. The van der Waals surface area contributed by atoms with Gasteiger partial charge in [-0.1, -0.05) is 0 Å². The van der Waals surface area contributed by atoms with Crippen LogP contribution in [0.4, 0.5) is 5.69 Å². The molecule has 1 amide bonds. The van der Waals surface area contributed by atoms with Crippen LogP contribution in [0.1, 0.15) is 38.1 Å². The Balaban J connectivity index is 1.41. The van der Waals surface area contributed by atoms with Crippen LogP contribution in [0.5, 0.6) is 0 Å². The summed E-state index contributed by atoms with van der Waals surface area (Å²) in [6, 6.07) is 1.32. The molecule has 1 saturated carbocycles. The van der Waals surface area contributed by atoms with Gasteiger partial charge in [0.05, 0.1) is 24.5 Å². The first-order valence-electron chi connectivity index (χ1n) is 9.42. The highest BCUT2D eigenvalue weighted by atomic mass is 16.5. The lowest BCUT2D eigenvalue weighted by Gasteiger charge is -2.35. The summed E-state index contributed by atoms with van der Waals surface area (Å²) >= 11 is 0. The van der Waals surface area contributed by atoms with E-state index >= 15 is 0 Å². The molecule has 0 aromatic carbocycles. The third-order valence-electron chi connectivity index (χ3n) is 5.64. The second-order valence-corrected chi connectivity index (χ2v) is 7.51. The van der Waals surface area contributed by atoms with Crippen LogP contribution >= 0.6 is 0 Å². The van der Waals surface area contributed by atoms with Crippen LogP contribution in [0.25, 0.3) is 0 Å². The minimum absolute atomic E-state index is 0.132. The molecular formula is C18H28N4O3. The number of hydrogen-bond acceptors (Lipinski definition) is 5. The van der Waals surface area contributed by atoms with Crippen molar-refractivity contribution in [2.24, 2.45) is 5.92 Å². The Kier molecular flexibility index (Phi) is 5.05. The van der Waals surface area contributed by atoms with Crippen LogP contribution in [0.2, 0.25) is 0 Å². The van der Waals surface area contributed by atoms with Crippen molar-refractivity contribution in [1.29, 1.82) is 0 Å². The van der Waals surface area contributed by atoms with E-state index in [1.54, 1.807) is 13.3 Å². The summed E-state index contributed by atoms with van der Waals surface area (Å²) in [6.45, 7) is 3.44. The third kappa shape index (κ3) is 3.88. The van der Waals surface area contributed by atoms with Crippen molar-refractivity contribution in [2.75, 3.05) is 38.8 Å². The number of ether oxygens (including phenoxy) is 2. The Morgan fingerprint density at radius 1 is 1.32 bits per heavy atom. The van der Waals surface area contributed by atoms with Crippen LogP contribution in [0.15, 0.2) is 12.4 Å². The van der Waals surface area contributed by atoms with E-state index in [2.05, 4.69) is 15.3 Å². The van der Waals surface area contributed by atoms with Gasteiger partial charge in [0, 0.05) is 51.1 Å². The molecule has 1 aromatic rings. The van der Waals surface area contributed by atoms with Gasteiger partial charge in [-0.2, -0.15) is 5.10 Å². The first kappa shape index (κ1) is 17.0. The monoisotopic (exact) mass is 348 g/mol. The second kappa shape index (κ2) is 7.43. The quantitative estimate of drug-likeness (QED) is 0.847. The molecule has 0 spiro atoms. The van der Waals surface area contributed by atoms with E-state index in [0.717, 1.165) is 64.2 Å². The van der Waals surface area contributed by atoms with Gasteiger partial charge in [0.15, 0.2) is 0 Å². The number of amides is 1. The lowest BCUT2D eigenvalue weighted by molar-refractivity contribution is -0.117. The van der Waals surface area contributed by atoms with Crippen molar-refractivity contribution in [3.8, 4) is 0 Å². The number of likely N-dealkylation sites (tertiary alicyclic amines) is 1. The fourth-order valence-electron chi connectivity index (χ4n) is 4.12. The maximum absolute atomic E-state index is 11.9. The average Bonchev–Trinajstić information content (AvgIpc) is 3.25. The molecule has 2 atom stereocenters. The molecule has 7 nitrogen and oxygen atoms in total. The molecule has 3 heterocycles. The zero-order valence-corrected chi connectivity index (χ0v) is 14.9. The van der Waals surface area contributed by atoms with Gasteiger partial charge in [0.1, 0.15) is 0 Å². The van der Waals surface area contributed by atoms with Gasteiger partial charge in [-0.05, 0) is 32.1 Å². The van der Waals surface area contributed by atoms with E-state index in [1.165, 1.54) is 0 Å². The summed E-state index contributed by atoms with van der Waals surface area (Å²) in [5.74, 6) is 0.344. The maximum atomic E-state index is 11.9. The Hall–Kier alpha value is -1.44. The first-order chi connectivity index (χ1) is 12.2. The van der Waals surface area contributed by atoms with E-state index in [4.69, 9.17) is 9.47 Å². The maximum Gasteiger partial charge on any atom is 0.227 e. The van der Waals surface area contributed by atoms with Gasteiger partial charge < -0.3 is 14.8 Å². The van der Waals surface area contributed by atoms with Crippen molar-refractivity contribution in [2.45, 2.75) is 50.2 Å². The highest BCUT2D eigenvalue weighted by Crippen LogP contribution is 2.33. The van der Waals surface area contributed by atoms with Gasteiger partial charge in [-0.3, -0.25) is 14.4 Å². The zero-order chi connectivity index (χ0) is 17.2. The number of rotatable bonds is 6. The number of carbonyl (C=O) groups is 1. The minimum atomic E-state index is 0.132.